The third kappa shape index (κ3) is 5.01. The van der Waals surface area contributed by atoms with Crippen LogP contribution in [0.25, 0.3) is 17.4 Å². The number of nitrogens with one attached hydrogen (secondary N) is 1. The summed E-state index contributed by atoms with van der Waals surface area (Å²) in [5.74, 6) is 0.0511. The van der Waals surface area contributed by atoms with Gasteiger partial charge in [-0.25, -0.2) is 0 Å². The second kappa shape index (κ2) is 8.89. The van der Waals surface area contributed by atoms with E-state index >= 15 is 0 Å². The van der Waals surface area contributed by atoms with E-state index in [4.69, 9.17) is 16.0 Å². The summed E-state index contributed by atoms with van der Waals surface area (Å²) >= 11 is 8.25. The predicted octanol–water partition coefficient (Wildman–Crippen LogP) is 5.66. The molecule has 1 N–H and O–H groups in total. The highest BCUT2D eigenvalue weighted by atomic mass is 127. The molecule has 0 spiro atoms. The van der Waals surface area contributed by atoms with E-state index < -0.39 is 10.8 Å². The Morgan fingerprint density at radius 2 is 1.93 bits per heavy atom. The van der Waals surface area contributed by atoms with Crippen molar-refractivity contribution in [3.63, 3.8) is 0 Å². The molecule has 0 saturated heterocycles. The van der Waals surface area contributed by atoms with Crippen molar-refractivity contribution in [2.24, 2.45) is 0 Å². The number of anilines is 1. The van der Waals surface area contributed by atoms with Crippen LogP contribution in [0.4, 0.5) is 11.4 Å². The number of carbonyl (C=O) groups is 1. The number of hydrogen-bond acceptors (Lipinski definition) is 5. The molecule has 0 saturated carbocycles. The number of nitriles is 1. The normalized spacial score (nSPS) is 11.0. The van der Waals surface area contributed by atoms with E-state index in [-0.39, 0.29) is 22.0 Å². The molecule has 3 aromatic rings. The molecule has 7 nitrogen and oxygen atoms in total. The molecule has 0 fully saturated rings. The van der Waals surface area contributed by atoms with Gasteiger partial charge in [-0.3, -0.25) is 14.9 Å². The highest BCUT2D eigenvalue weighted by molar-refractivity contribution is 14.1. The maximum absolute atomic E-state index is 12.3. The quantitative estimate of drug-likeness (QED) is 0.154. The topological polar surface area (TPSA) is 109 Å². The Balaban J connectivity index is 1.82. The van der Waals surface area contributed by atoms with E-state index in [9.17, 15) is 20.2 Å². The predicted molar refractivity (Wildman–Crippen MR) is 117 cm³/mol. The van der Waals surface area contributed by atoms with Crippen LogP contribution in [0, 0.1) is 25.0 Å². The lowest BCUT2D eigenvalue weighted by atomic mass is 10.1. The first-order valence-electron chi connectivity index (χ1n) is 8.10. The Labute approximate surface area is 183 Å². The van der Waals surface area contributed by atoms with Gasteiger partial charge in [-0.1, -0.05) is 11.6 Å². The van der Waals surface area contributed by atoms with Crippen LogP contribution in [0.1, 0.15) is 5.76 Å². The number of hydrogen-bond donors (Lipinski definition) is 1. The first kappa shape index (κ1) is 20.6. The number of nitro benzene ring substituents is 1. The third-order valence-electron chi connectivity index (χ3n) is 3.81. The van der Waals surface area contributed by atoms with Gasteiger partial charge in [0.25, 0.3) is 11.6 Å². The fraction of sp³-hybridized carbons (Fsp3) is 0. The van der Waals surface area contributed by atoms with E-state index in [1.807, 2.05) is 18.2 Å². The van der Waals surface area contributed by atoms with E-state index in [0.29, 0.717) is 17.0 Å². The second-order valence-corrected chi connectivity index (χ2v) is 7.41. The van der Waals surface area contributed by atoms with Crippen molar-refractivity contribution in [1.29, 1.82) is 5.26 Å². The Kier molecular flexibility index (Phi) is 6.31. The lowest BCUT2D eigenvalue weighted by Crippen LogP contribution is -2.13. The van der Waals surface area contributed by atoms with Crippen molar-refractivity contribution in [3.05, 3.63) is 84.6 Å². The lowest BCUT2D eigenvalue weighted by molar-refractivity contribution is -0.384. The number of rotatable bonds is 5. The van der Waals surface area contributed by atoms with Gasteiger partial charge >= 0.3 is 0 Å². The monoisotopic (exact) mass is 519 g/mol. The SMILES string of the molecule is N#C/C(=C\c1ccc(-c2ccc([N+](=O)[O-])cc2Cl)o1)C(=O)Nc1ccc(I)cc1. The lowest BCUT2D eigenvalue weighted by Gasteiger charge is -2.04. The number of benzene rings is 2. The number of non-ortho nitro benzene ring substituents is 1. The molecular formula is C20H11ClIN3O4. The summed E-state index contributed by atoms with van der Waals surface area (Å²) in [6.07, 6.45) is 1.31. The van der Waals surface area contributed by atoms with Crippen LogP contribution >= 0.6 is 34.2 Å². The maximum atomic E-state index is 12.3. The van der Waals surface area contributed by atoms with Crippen molar-refractivity contribution < 1.29 is 14.1 Å². The molecule has 9 heteroatoms. The van der Waals surface area contributed by atoms with Gasteiger partial charge in [0, 0.05) is 33.0 Å². The molecule has 0 bridgehead atoms. The van der Waals surface area contributed by atoms with Crippen LogP contribution in [-0.4, -0.2) is 10.8 Å². The summed E-state index contributed by atoms with van der Waals surface area (Å²) in [5.41, 5.74) is 0.747. The van der Waals surface area contributed by atoms with Gasteiger partial charge in [0.1, 0.15) is 23.2 Å². The highest BCUT2D eigenvalue weighted by Crippen LogP contribution is 2.32. The van der Waals surface area contributed by atoms with Gasteiger partial charge in [0.2, 0.25) is 0 Å². The highest BCUT2D eigenvalue weighted by Gasteiger charge is 2.15. The zero-order chi connectivity index (χ0) is 21.0. The minimum absolute atomic E-state index is 0.135. The number of amides is 1. The van der Waals surface area contributed by atoms with Gasteiger partial charge in [0.15, 0.2) is 0 Å². The zero-order valence-corrected chi connectivity index (χ0v) is 17.5. The number of nitrogens with zero attached hydrogens (tertiary/aromatic N) is 2. The number of carbonyl (C=O) groups excluding carboxylic acids is 1. The molecule has 2 aromatic carbocycles. The molecule has 0 unspecified atom stereocenters. The van der Waals surface area contributed by atoms with Crippen LogP contribution in [0.2, 0.25) is 5.02 Å². The third-order valence-corrected chi connectivity index (χ3v) is 4.84. The van der Waals surface area contributed by atoms with Gasteiger partial charge in [-0.15, -0.1) is 0 Å². The molecule has 1 amide bonds. The molecule has 0 aliphatic carbocycles. The summed E-state index contributed by atoms with van der Waals surface area (Å²) in [7, 11) is 0. The van der Waals surface area contributed by atoms with Gasteiger partial charge < -0.3 is 9.73 Å². The Bertz CT molecular complexity index is 1160. The summed E-state index contributed by atoms with van der Waals surface area (Å²) < 4.78 is 6.65. The van der Waals surface area contributed by atoms with Crippen molar-refractivity contribution in [2.45, 2.75) is 0 Å². The molecule has 144 valence electrons. The fourth-order valence-electron chi connectivity index (χ4n) is 2.42. The minimum Gasteiger partial charge on any atom is -0.457 e. The van der Waals surface area contributed by atoms with Gasteiger partial charge in [-0.2, -0.15) is 5.26 Å². The first-order valence-corrected chi connectivity index (χ1v) is 9.56. The average molecular weight is 520 g/mol. The summed E-state index contributed by atoms with van der Waals surface area (Å²) in [4.78, 5) is 22.6. The summed E-state index contributed by atoms with van der Waals surface area (Å²) in [6.45, 7) is 0. The number of nitro groups is 1. The molecule has 29 heavy (non-hydrogen) atoms. The zero-order valence-electron chi connectivity index (χ0n) is 14.6. The molecule has 0 aliphatic heterocycles. The van der Waals surface area contributed by atoms with Gasteiger partial charge in [0.05, 0.1) is 9.95 Å². The molecule has 0 atom stereocenters. The molecule has 3 rings (SSSR count). The standard InChI is InChI=1S/C20H11ClIN3O4/c21-18-10-15(25(27)28)5-7-17(18)19-8-6-16(29-19)9-12(11-23)20(26)24-14-3-1-13(22)2-4-14/h1-10H,(H,24,26)/b12-9+. The van der Waals surface area contributed by atoms with E-state index in [1.54, 1.807) is 24.3 Å². The molecular weight excluding hydrogens is 509 g/mol. The van der Waals surface area contributed by atoms with Crippen LogP contribution in [0.3, 0.4) is 0 Å². The van der Waals surface area contributed by atoms with Crippen molar-refractivity contribution >= 4 is 57.5 Å². The Morgan fingerprint density at radius 1 is 1.21 bits per heavy atom. The number of furan rings is 1. The largest absolute Gasteiger partial charge is 0.457 e. The smallest absolute Gasteiger partial charge is 0.270 e. The fourth-order valence-corrected chi connectivity index (χ4v) is 3.04. The van der Waals surface area contributed by atoms with E-state index in [0.717, 1.165) is 3.57 Å². The first-order chi connectivity index (χ1) is 13.9. The maximum Gasteiger partial charge on any atom is 0.270 e. The molecule has 0 radical (unpaired) electrons. The number of halogens is 2. The summed E-state index contributed by atoms with van der Waals surface area (Å²) in [5, 5.41) is 22.9. The van der Waals surface area contributed by atoms with Crippen molar-refractivity contribution in [2.75, 3.05) is 5.32 Å². The van der Waals surface area contributed by atoms with Crippen molar-refractivity contribution in [3.8, 4) is 17.4 Å². The second-order valence-electron chi connectivity index (χ2n) is 5.75. The van der Waals surface area contributed by atoms with Gasteiger partial charge in [-0.05, 0) is 65.1 Å². The van der Waals surface area contributed by atoms with Crippen LogP contribution in [0.15, 0.2) is 64.6 Å². The Hall–Kier alpha value is -3.16. The molecule has 0 aliphatic rings. The molecule has 1 aromatic heterocycles. The Morgan fingerprint density at radius 3 is 2.55 bits per heavy atom. The van der Waals surface area contributed by atoms with Crippen LogP contribution < -0.4 is 5.32 Å². The molecule has 1 heterocycles. The minimum atomic E-state index is -0.569. The van der Waals surface area contributed by atoms with Crippen molar-refractivity contribution in [1.82, 2.24) is 0 Å². The van der Waals surface area contributed by atoms with E-state index in [1.165, 1.54) is 24.3 Å². The van der Waals surface area contributed by atoms with Crippen LogP contribution in [0.5, 0.6) is 0 Å². The average Bonchev–Trinajstić information content (AvgIpc) is 3.16. The van der Waals surface area contributed by atoms with Crippen LogP contribution in [-0.2, 0) is 4.79 Å². The van der Waals surface area contributed by atoms with E-state index in [2.05, 4.69) is 27.9 Å². The summed E-state index contributed by atoms with van der Waals surface area (Å²) in [6, 6.07) is 16.2.